The van der Waals surface area contributed by atoms with Crippen LogP contribution in [0.4, 0.5) is 0 Å². The molecule has 2 rings (SSSR count). The smallest absolute Gasteiger partial charge is 0.123 e. The first-order chi connectivity index (χ1) is 7.66. The molecule has 0 aliphatic carbocycles. The highest BCUT2D eigenvalue weighted by atomic mass is 79.9. The number of aryl methyl sites for hydroxylation is 1. The van der Waals surface area contributed by atoms with Crippen molar-refractivity contribution in [3.8, 4) is 0 Å². The van der Waals surface area contributed by atoms with Crippen molar-refractivity contribution in [3.63, 3.8) is 0 Å². The Morgan fingerprint density at radius 2 is 2.19 bits per heavy atom. The molecule has 2 aromatic rings. The molecule has 3 heteroatoms. The van der Waals surface area contributed by atoms with Crippen LogP contribution in [0.2, 0.25) is 0 Å². The van der Waals surface area contributed by atoms with Crippen LogP contribution >= 0.6 is 15.9 Å². The summed E-state index contributed by atoms with van der Waals surface area (Å²) in [4.78, 5) is 0. The van der Waals surface area contributed by atoms with Gasteiger partial charge in [0.15, 0.2) is 0 Å². The lowest BCUT2D eigenvalue weighted by atomic mass is 10.0. The Kier molecular flexibility index (Phi) is 3.46. The van der Waals surface area contributed by atoms with E-state index in [4.69, 9.17) is 10.2 Å². The van der Waals surface area contributed by atoms with Gasteiger partial charge in [-0.1, -0.05) is 28.1 Å². The van der Waals surface area contributed by atoms with E-state index in [0.717, 1.165) is 22.2 Å². The fraction of sp³-hybridized carbons (Fsp3) is 0.231. The number of hydrogen-bond acceptors (Lipinski definition) is 2. The fourth-order valence-corrected chi connectivity index (χ4v) is 2.22. The van der Waals surface area contributed by atoms with Crippen LogP contribution in [0, 0.1) is 6.92 Å². The largest absolute Gasteiger partial charge is 0.467 e. The lowest BCUT2D eigenvalue weighted by molar-refractivity contribution is 0.461. The Balaban J connectivity index is 2.14. The van der Waals surface area contributed by atoms with Crippen LogP contribution in [-0.2, 0) is 6.42 Å². The van der Waals surface area contributed by atoms with Gasteiger partial charge in [-0.15, -0.1) is 0 Å². The van der Waals surface area contributed by atoms with Crippen molar-refractivity contribution in [1.82, 2.24) is 0 Å². The number of rotatable bonds is 3. The molecule has 0 saturated carbocycles. The van der Waals surface area contributed by atoms with E-state index in [1.54, 1.807) is 6.26 Å². The van der Waals surface area contributed by atoms with Crippen molar-refractivity contribution in [2.24, 2.45) is 5.73 Å². The Morgan fingerprint density at radius 1 is 1.38 bits per heavy atom. The molecule has 0 amide bonds. The molecular weight excluding hydrogens is 266 g/mol. The van der Waals surface area contributed by atoms with Crippen LogP contribution in [0.25, 0.3) is 0 Å². The second-order valence-electron chi connectivity index (χ2n) is 3.91. The molecule has 1 heterocycles. The van der Waals surface area contributed by atoms with Gasteiger partial charge in [-0.3, -0.25) is 0 Å². The van der Waals surface area contributed by atoms with Gasteiger partial charge in [-0.2, -0.15) is 0 Å². The van der Waals surface area contributed by atoms with E-state index in [-0.39, 0.29) is 6.04 Å². The maximum Gasteiger partial charge on any atom is 0.123 e. The van der Waals surface area contributed by atoms with Gasteiger partial charge in [0.05, 0.1) is 12.3 Å². The SMILES string of the molecule is Cc1ccoc1C(N)Cc1cccc(Br)c1. The summed E-state index contributed by atoms with van der Waals surface area (Å²) in [5, 5.41) is 0. The highest BCUT2D eigenvalue weighted by Crippen LogP contribution is 2.21. The second kappa shape index (κ2) is 4.85. The topological polar surface area (TPSA) is 39.2 Å². The van der Waals surface area contributed by atoms with Gasteiger partial charge in [0.2, 0.25) is 0 Å². The molecule has 2 N–H and O–H groups in total. The van der Waals surface area contributed by atoms with Crippen molar-refractivity contribution < 1.29 is 4.42 Å². The van der Waals surface area contributed by atoms with Crippen LogP contribution < -0.4 is 5.73 Å². The number of furan rings is 1. The van der Waals surface area contributed by atoms with Gasteiger partial charge in [0.1, 0.15) is 5.76 Å². The first kappa shape index (κ1) is 11.4. The lowest BCUT2D eigenvalue weighted by Gasteiger charge is -2.10. The molecular formula is C13H14BrNO. The normalized spacial score (nSPS) is 12.7. The van der Waals surface area contributed by atoms with Crippen LogP contribution in [0.1, 0.15) is 22.9 Å². The van der Waals surface area contributed by atoms with Crippen LogP contribution in [0.15, 0.2) is 45.5 Å². The van der Waals surface area contributed by atoms with Crippen molar-refractivity contribution in [2.45, 2.75) is 19.4 Å². The molecule has 1 aromatic heterocycles. The fourth-order valence-electron chi connectivity index (χ4n) is 1.77. The molecule has 0 saturated heterocycles. The summed E-state index contributed by atoms with van der Waals surface area (Å²) in [5.41, 5.74) is 8.43. The quantitative estimate of drug-likeness (QED) is 0.933. The second-order valence-corrected chi connectivity index (χ2v) is 4.82. The average molecular weight is 280 g/mol. The van der Waals surface area contributed by atoms with Crippen molar-refractivity contribution >= 4 is 15.9 Å². The zero-order valence-corrected chi connectivity index (χ0v) is 10.7. The maximum absolute atomic E-state index is 6.11. The van der Waals surface area contributed by atoms with E-state index in [2.05, 4.69) is 28.1 Å². The van der Waals surface area contributed by atoms with Gasteiger partial charge >= 0.3 is 0 Å². The summed E-state index contributed by atoms with van der Waals surface area (Å²) in [6.07, 6.45) is 2.47. The van der Waals surface area contributed by atoms with E-state index in [0.29, 0.717) is 0 Å². The Morgan fingerprint density at radius 3 is 2.81 bits per heavy atom. The molecule has 0 bridgehead atoms. The number of hydrogen-bond donors (Lipinski definition) is 1. The third kappa shape index (κ3) is 2.54. The van der Waals surface area contributed by atoms with Gasteiger partial charge < -0.3 is 10.2 Å². The molecule has 0 aliphatic rings. The molecule has 1 atom stereocenters. The molecule has 1 unspecified atom stereocenters. The predicted molar refractivity (Wildman–Crippen MR) is 68.2 cm³/mol. The zero-order valence-electron chi connectivity index (χ0n) is 9.11. The zero-order chi connectivity index (χ0) is 11.5. The number of nitrogens with two attached hydrogens (primary N) is 1. The summed E-state index contributed by atoms with van der Waals surface area (Å²) in [6.45, 7) is 2.01. The minimum Gasteiger partial charge on any atom is -0.467 e. The Bertz CT molecular complexity index is 478. The molecule has 1 aromatic carbocycles. The van der Waals surface area contributed by atoms with Crippen LogP contribution in [0.3, 0.4) is 0 Å². The monoisotopic (exact) mass is 279 g/mol. The van der Waals surface area contributed by atoms with Crippen molar-refractivity contribution in [1.29, 1.82) is 0 Å². The maximum atomic E-state index is 6.11. The minimum absolute atomic E-state index is 0.0794. The lowest BCUT2D eigenvalue weighted by Crippen LogP contribution is -2.13. The summed E-state index contributed by atoms with van der Waals surface area (Å²) < 4.78 is 6.47. The van der Waals surface area contributed by atoms with Crippen molar-refractivity contribution in [3.05, 3.63) is 58.0 Å². The standard InChI is InChI=1S/C13H14BrNO/c1-9-5-6-16-13(9)12(15)8-10-3-2-4-11(14)7-10/h2-7,12H,8,15H2,1H3. The van der Waals surface area contributed by atoms with E-state index in [1.165, 1.54) is 5.56 Å². The average Bonchev–Trinajstić information content (AvgIpc) is 2.64. The van der Waals surface area contributed by atoms with Crippen molar-refractivity contribution in [2.75, 3.05) is 0 Å². The summed E-state index contributed by atoms with van der Waals surface area (Å²) in [7, 11) is 0. The van der Waals surface area contributed by atoms with Gasteiger partial charge in [-0.05, 0) is 42.7 Å². The predicted octanol–water partition coefficient (Wildman–Crippen LogP) is 3.59. The Hall–Kier alpha value is -1.06. The number of halogens is 1. The molecule has 0 aliphatic heterocycles. The molecule has 0 fully saturated rings. The van der Waals surface area contributed by atoms with Crippen LogP contribution in [0.5, 0.6) is 0 Å². The molecule has 0 radical (unpaired) electrons. The molecule has 0 spiro atoms. The van der Waals surface area contributed by atoms with Crippen LogP contribution in [-0.4, -0.2) is 0 Å². The van der Waals surface area contributed by atoms with E-state index >= 15 is 0 Å². The van der Waals surface area contributed by atoms with Gasteiger partial charge in [0.25, 0.3) is 0 Å². The van der Waals surface area contributed by atoms with E-state index < -0.39 is 0 Å². The van der Waals surface area contributed by atoms with E-state index in [1.807, 2.05) is 25.1 Å². The molecule has 2 nitrogen and oxygen atoms in total. The third-order valence-electron chi connectivity index (χ3n) is 2.58. The Labute approximate surface area is 104 Å². The van der Waals surface area contributed by atoms with Gasteiger partial charge in [-0.25, -0.2) is 0 Å². The summed E-state index contributed by atoms with van der Waals surface area (Å²) >= 11 is 3.45. The first-order valence-electron chi connectivity index (χ1n) is 5.21. The first-order valence-corrected chi connectivity index (χ1v) is 6.00. The summed E-state index contributed by atoms with van der Waals surface area (Å²) in [6, 6.07) is 10.0. The summed E-state index contributed by atoms with van der Waals surface area (Å²) in [5.74, 6) is 0.875. The third-order valence-corrected chi connectivity index (χ3v) is 3.08. The molecule has 16 heavy (non-hydrogen) atoms. The molecule has 84 valence electrons. The number of benzene rings is 1. The highest BCUT2D eigenvalue weighted by molar-refractivity contribution is 9.10. The highest BCUT2D eigenvalue weighted by Gasteiger charge is 2.12. The van der Waals surface area contributed by atoms with Gasteiger partial charge in [0, 0.05) is 4.47 Å². The van der Waals surface area contributed by atoms with E-state index in [9.17, 15) is 0 Å². The minimum atomic E-state index is -0.0794.